The van der Waals surface area contributed by atoms with Gasteiger partial charge in [-0.15, -0.1) is 0 Å². The van der Waals surface area contributed by atoms with Crippen molar-refractivity contribution in [3.05, 3.63) is 35.8 Å². The summed E-state index contributed by atoms with van der Waals surface area (Å²) in [5.74, 6) is 5.20. The van der Waals surface area contributed by atoms with Gasteiger partial charge in [0.2, 0.25) is 5.95 Å². The predicted molar refractivity (Wildman–Crippen MR) is 73.9 cm³/mol. The van der Waals surface area contributed by atoms with Gasteiger partial charge in [0.25, 0.3) is 0 Å². The summed E-state index contributed by atoms with van der Waals surface area (Å²) in [4.78, 5) is 8.21. The van der Waals surface area contributed by atoms with Crippen LogP contribution in [-0.2, 0) is 0 Å². The number of hydrazine groups is 1. The molecule has 5 N–H and O–H groups in total. The number of rotatable bonds is 3. The van der Waals surface area contributed by atoms with Crippen LogP contribution in [0.4, 0.5) is 21.8 Å². The number of nitrogens with two attached hydrogens (primary N) is 1. The Morgan fingerprint density at radius 2 is 2.19 bits per heavy atom. The summed E-state index contributed by atoms with van der Waals surface area (Å²) >= 11 is 0. The van der Waals surface area contributed by atoms with E-state index in [1.54, 1.807) is 6.07 Å². The molecule has 0 saturated carbocycles. The minimum Gasteiger partial charge on any atom is -0.338 e. The van der Waals surface area contributed by atoms with Crippen molar-refractivity contribution >= 4 is 28.5 Å². The fourth-order valence-electron chi connectivity index (χ4n) is 1.86. The topological polar surface area (TPSA) is 128 Å². The molecule has 0 aliphatic carbocycles. The van der Waals surface area contributed by atoms with Crippen molar-refractivity contribution in [2.45, 2.75) is 0 Å². The van der Waals surface area contributed by atoms with Gasteiger partial charge in [-0.25, -0.2) is 10.2 Å². The van der Waals surface area contributed by atoms with Gasteiger partial charge in [-0.05, 0) is 12.1 Å². The molecule has 0 unspecified atom stereocenters. The van der Waals surface area contributed by atoms with Gasteiger partial charge in [-0.2, -0.15) is 20.3 Å². The maximum absolute atomic E-state index is 13.6. The van der Waals surface area contributed by atoms with Gasteiger partial charge < -0.3 is 5.32 Å². The summed E-state index contributed by atoms with van der Waals surface area (Å²) in [6, 6.07) is 6.09. The number of benzene rings is 1. The molecule has 0 aliphatic rings. The quantitative estimate of drug-likeness (QED) is 0.422. The highest BCUT2D eigenvalue weighted by Gasteiger charge is 2.13. The largest absolute Gasteiger partial charge is 0.338 e. The summed E-state index contributed by atoms with van der Waals surface area (Å²) in [6.07, 6.45) is 1.52. The highest BCUT2D eigenvalue weighted by molar-refractivity contribution is 5.89. The summed E-state index contributed by atoms with van der Waals surface area (Å²) in [6.45, 7) is 0. The molecule has 0 saturated heterocycles. The number of nitrogens with one attached hydrogen (secondary N) is 3. The summed E-state index contributed by atoms with van der Waals surface area (Å²) < 4.78 is 13.6. The molecule has 2 aromatic heterocycles. The Morgan fingerprint density at radius 3 is 2.95 bits per heavy atom. The number of nitriles is 1. The van der Waals surface area contributed by atoms with Crippen LogP contribution in [-0.4, -0.2) is 20.2 Å². The van der Waals surface area contributed by atoms with E-state index in [0.717, 1.165) is 0 Å². The van der Waals surface area contributed by atoms with Crippen molar-refractivity contribution in [3.63, 3.8) is 0 Å². The number of fused-ring (bicyclic) bond motifs is 1. The van der Waals surface area contributed by atoms with Crippen LogP contribution in [0.2, 0.25) is 0 Å². The van der Waals surface area contributed by atoms with E-state index in [0.29, 0.717) is 22.5 Å². The summed E-state index contributed by atoms with van der Waals surface area (Å²) in [7, 11) is 0. The molecule has 0 atom stereocenters. The first kappa shape index (κ1) is 12.8. The molecule has 0 aliphatic heterocycles. The van der Waals surface area contributed by atoms with Crippen LogP contribution in [0.15, 0.2) is 24.4 Å². The van der Waals surface area contributed by atoms with Gasteiger partial charge in [-0.1, -0.05) is 6.07 Å². The molecule has 0 bridgehead atoms. The summed E-state index contributed by atoms with van der Waals surface area (Å²) in [5, 5.41) is 19.1. The lowest BCUT2D eigenvalue weighted by molar-refractivity contribution is 0.624. The predicted octanol–water partition coefficient (Wildman–Crippen LogP) is 1.39. The molecule has 3 aromatic rings. The second kappa shape index (κ2) is 5.03. The standard InChI is InChI=1S/C12H9FN8/c13-8-2-1-3-9(6(8)4-14)17-10-7-5-16-21-11(7)19-12(18-10)20-15/h1-3,5H,15H2,(H3,16,17,18,19,20,21). The van der Waals surface area contributed by atoms with Crippen LogP contribution < -0.4 is 16.6 Å². The lowest BCUT2D eigenvalue weighted by Gasteiger charge is -2.09. The molecule has 8 nitrogen and oxygen atoms in total. The van der Waals surface area contributed by atoms with Crippen LogP contribution >= 0.6 is 0 Å². The minimum atomic E-state index is -0.614. The Kier molecular flexibility index (Phi) is 3.06. The third-order valence-corrected chi connectivity index (χ3v) is 2.82. The maximum Gasteiger partial charge on any atom is 0.241 e. The molecule has 104 valence electrons. The molecule has 0 fully saturated rings. The molecule has 2 heterocycles. The number of H-pyrrole nitrogens is 1. The number of aromatic nitrogens is 4. The van der Waals surface area contributed by atoms with E-state index in [9.17, 15) is 4.39 Å². The van der Waals surface area contributed by atoms with Crippen molar-refractivity contribution in [2.75, 3.05) is 10.7 Å². The van der Waals surface area contributed by atoms with E-state index in [1.807, 2.05) is 6.07 Å². The average Bonchev–Trinajstić information content (AvgIpc) is 2.96. The van der Waals surface area contributed by atoms with Crippen LogP contribution in [0.1, 0.15) is 5.56 Å². The van der Waals surface area contributed by atoms with Crippen LogP contribution in [0.3, 0.4) is 0 Å². The molecular weight excluding hydrogens is 275 g/mol. The normalized spacial score (nSPS) is 10.3. The Hall–Kier alpha value is -3.25. The van der Waals surface area contributed by atoms with E-state index in [2.05, 4.69) is 30.9 Å². The Labute approximate surface area is 117 Å². The van der Waals surface area contributed by atoms with Crippen molar-refractivity contribution in [2.24, 2.45) is 5.84 Å². The number of anilines is 3. The molecule has 3 rings (SSSR count). The zero-order chi connectivity index (χ0) is 14.8. The van der Waals surface area contributed by atoms with Crippen molar-refractivity contribution < 1.29 is 4.39 Å². The fourth-order valence-corrected chi connectivity index (χ4v) is 1.86. The zero-order valence-corrected chi connectivity index (χ0v) is 10.6. The number of nitrogens with zero attached hydrogens (tertiary/aromatic N) is 4. The first-order valence-corrected chi connectivity index (χ1v) is 5.86. The monoisotopic (exact) mass is 284 g/mol. The van der Waals surface area contributed by atoms with E-state index >= 15 is 0 Å². The lowest BCUT2D eigenvalue weighted by Crippen LogP contribution is -2.11. The number of hydrogen-bond acceptors (Lipinski definition) is 7. The second-order valence-corrected chi connectivity index (χ2v) is 4.07. The van der Waals surface area contributed by atoms with Crippen LogP contribution in [0, 0.1) is 17.1 Å². The third kappa shape index (κ3) is 2.19. The molecule has 9 heteroatoms. The fraction of sp³-hybridized carbons (Fsp3) is 0. The van der Waals surface area contributed by atoms with E-state index in [-0.39, 0.29) is 11.5 Å². The maximum atomic E-state index is 13.6. The van der Waals surface area contributed by atoms with Gasteiger partial charge in [0.15, 0.2) is 5.65 Å². The first-order chi connectivity index (χ1) is 10.2. The first-order valence-electron chi connectivity index (χ1n) is 5.86. The van der Waals surface area contributed by atoms with Gasteiger partial charge in [0.1, 0.15) is 23.3 Å². The molecule has 0 radical (unpaired) electrons. The minimum absolute atomic E-state index is 0.102. The van der Waals surface area contributed by atoms with Crippen molar-refractivity contribution in [1.82, 2.24) is 20.2 Å². The number of nitrogen functional groups attached to an aromatic ring is 1. The van der Waals surface area contributed by atoms with E-state index in [1.165, 1.54) is 18.3 Å². The average molecular weight is 284 g/mol. The Balaban J connectivity index is 2.12. The van der Waals surface area contributed by atoms with Gasteiger partial charge in [0.05, 0.1) is 17.3 Å². The van der Waals surface area contributed by atoms with Gasteiger partial charge in [0, 0.05) is 0 Å². The number of hydrogen-bond donors (Lipinski definition) is 4. The third-order valence-electron chi connectivity index (χ3n) is 2.82. The summed E-state index contributed by atoms with van der Waals surface area (Å²) in [5.41, 5.74) is 2.97. The molecule has 21 heavy (non-hydrogen) atoms. The Bertz CT molecular complexity index is 850. The highest BCUT2D eigenvalue weighted by Crippen LogP contribution is 2.26. The lowest BCUT2D eigenvalue weighted by atomic mass is 10.2. The molecule has 0 amide bonds. The molecule has 0 spiro atoms. The van der Waals surface area contributed by atoms with E-state index in [4.69, 9.17) is 11.1 Å². The van der Waals surface area contributed by atoms with E-state index < -0.39 is 5.82 Å². The zero-order valence-electron chi connectivity index (χ0n) is 10.6. The SMILES string of the molecule is N#Cc1c(F)cccc1Nc1nc(NN)nc2[nH]ncc12. The van der Waals surface area contributed by atoms with Crippen molar-refractivity contribution in [1.29, 1.82) is 5.26 Å². The molecule has 1 aromatic carbocycles. The number of aromatic amines is 1. The van der Waals surface area contributed by atoms with Crippen LogP contribution in [0.25, 0.3) is 11.0 Å². The highest BCUT2D eigenvalue weighted by atomic mass is 19.1. The van der Waals surface area contributed by atoms with Gasteiger partial charge >= 0.3 is 0 Å². The van der Waals surface area contributed by atoms with Crippen molar-refractivity contribution in [3.8, 4) is 6.07 Å². The Morgan fingerprint density at radius 1 is 1.33 bits per heavy atom. The second-order valence-electron chi connectivity index (χ2n) is 4.07. The van der Waals surface area contributed by atoms with Crippen LogP contribution in [0.5, 0.6) is 0 Å². The van der Waals surface area contributed by atoms with Gasteiger partial charge in [-0.3, -0.25) is 10.5 Å². The smallest absolute Gasteiger partial charge is 0.241 e. The number of halogens is 1. The molecular formula is C12H9FN8.